The normalized spacial score (nSPS) is 9.96. The van der Waals surface area contributed by atoms with Crippen LogP contribution in [0.5, 0.6) is 5.75 Å². The first-order valence-corrected chi connectivity index (χ1v) is 7.88. The van der Waals surface area contributed by atoms with Gasteiger partial charge in [0.25, 0.3) is 11.8 Å². The molecule has 0 aliphatic rings. The van der Waals surface area contributed by atoms with Crippen molar-refractivity contribution >= 4 is 41.0 Å². The Morgan fingerprint density at radius 1 is 1.12 bits per heavy atom. The third kappa shape index (κ3) is 5.08. The summed E-state index contributed by atoms with van der Waals surface area (Å²) in [5.41, 5.74) is 4.43. The quantitative estimate of drug-likeness (QED) is 0.454. The van der Waals surface area contributed by atoms with Gasteiger partial charge in [-0.2, -0.15) is 0 Å². The Morgan fingerprint density at radius 3 is 2.58 bits per heavy atom. The highest BCUT2D eigenvalue weighted by molar-refractivity contribution is 6.32. The van der Waals surface area contributed by atoms with Crippen molar-refractivity contribution in [1.29, 1.82) is 0 Å². The first kappa shape index (κ1) is 19.5. The second kappa shape index (κ2) is 9.02. The first-order valence-electron chi connectivity index (χ1n) is 7.12. The van der Waals surface area contributed by atoms with Crippen LogP contribution in [0.3, 0.4) is 0 Å². The van der Waals surface area contributed by atoms with Crippen LogP contribution in [-0.4, -0.2) is 36.5 Å². The Balaban J connectivity index is 1.87. The summed E-state index contributed by atoms with van der Waals surface area (Å²) < 4.78 is 9.85. The van der Waals surface area contributed by atoms with Gasteiger partial charge in [0.1, 0.15) is 10.9 Å². The van der Waals surface area contributed by atoms with Crippen molar-refractivity contribution in [3.05, 3.63) is 57.8 Å². The van der Waals surface area contributed by atoms with Crippen LogP contribution in [0.15, 0.2) is 36.5 Å². The average Bonchev–Trinajstić information content (AvgIpc) is 2.64. The fourth-order valence-corrected chi connectivity index (χ4v) is 2.20. The zero-order valence-corrected chi connectivity index (χ0v) is 14.9. The number of hydrogen-bond acceptors (Lipinski definition) is 6. The molecule has 2 amide bonds. The molecule has 2 rings (SSSR count). The van der Waals surface area contributed by atoms with Crippen molar-refractivity contribution in [2.75, 3.05) is 13.7 Å². The molecule has 0 fully saturated rings. The Hall–Kier alpha value is -2.84. The topological polar surface area (TPSA) is 107 Å². The van der Waals surface area contributed by atoms with Crippen molar-refractivity contribution in [3.63, 3.8) is 0 Å². The van der Waals surface area contributed by atoms with Crippen molar-refractivity contribution in [2.24, 2.45) is 0 Å². The molecule has 10 heteroatoms. The van der Waals surface area contributed by atoms with E-state index < -0.39 is 24.4 Å². The Bertz CT molecular complexity index is 844. The number of methoxy groups -OCH3 is 1. The molecule has 1 aromatic heterocycles. The Kier molecular flexibility index (Phi) is 6.76. The summed E-state index contributed by atoms with van der Waals surface area (Å²) in [6, 6.07) is 7.35. The molecule has 136 valence electrons. The van der Waals surface area contributed by atoms with Crippen molar-refractivity contribution in [1.82, 2.24) is 15.8 Å². The number of aromatic nitrogens is 1. The molecule has 1 aromatic carbocycles. The number of esters is 1. The molecule has 1 heterocycles. The number of hydrogen-bond donors (Lipinski definition) is 2. The van der Waals surface area contributed by atoms with Crippen LogP contribution >= 0.6 is 23.2 Å². The third-order valence-corrected chi connectivity index (χ3v) is 3.57. The second-order valence-corrected chi connectivity index (χ2v) is 5.56. The van der Waals surface area contributed by atoms with Gasteiger partial charge in [-0.05, 0) is 30.3 Å². The Morgan fingerprint density at radius 2 is 1.88 bits per heavy atom. The molecule has 0 spiro atoms. The summed E-state index contributed by atoms with van der Waals surface area (Å²) >= 11 is 11.6. The highest BCUT2D eigenvalue weighted by Crippen LogP contribution is 2.22. The predicted molar refractivity (Wildman–Crippen MR) is 93.1 cm³/mol. The van der Waals surface area contributed by atoms with Crippen molar-refractivity contribution in [3.8, 4) is 5.75 Å². The first-order chi connectivity index (χ1) is 12.4. The van der Waals surface area contributed by atoms with E-state index in [4.69, 9.17) is 32.7 Å². The zero-order valence-electron chi connectivity index (χ0n) is 13.4. The van der Waals surface area contributed by atoms with Gasteiger partial charge in [0, 0.05) is 11.2 Å². The van der Waals surface area contributed by atoms with E-state index in [0.717, 1.165) is 0 Å². The number of nitrogens with zero attached hydrogens (tertiary/aromatic N) is 1. The number of carbonyl (C=O) groups is 3. The van der Waals surface area contributed by atoms with E-state index in [1.165, 1.54) is 37.6 Å². The fraction of sp³-hybridized carbons (Fsp3) is 0.125. The standard InChI is InChI=1S/C16H13Cl2N3O5/c1-25-12-5-4-9(17)7-11(12)15(23)21-20-13(22)8-26-16(24)10-3-2-6-19-14(10)18/h2-7H,8H2,1H3,(H,20,22)(H,21,23). The van der Waals surface area contributed by atoms with E-state index in [1.807, 2.05) is 0 Å². The van der Waals surface area contributed by atoms with Gasteiger partial charge in [0.15, 0.2) is 6.61 Å². The molecule has 26 heavy (non-hydrogen) atoms. The van der Waals surface area contributed by atoms with Gasteiger partial charge in [-0.1, -0.05) is 23.2 Å². The number of hydrazine groups is 1. The minimum absolute atomic E-state index is 0.0228. The molecule has 8 nitrogen and oxygen atoms in total. The smallest absolute Gasteiger partial charge is 0.341 e. The molecule has 2 aromatic rings. The summed E-state index contributed by atoms with van der Waals surface area (Å²) in [7, 11) is 1.39. The van der Waals surface area contributed by atoms with Crippen LogP contribution in [0.2, 0.25) is 10.2 Å². The number of pyridine rings is 1. The number of ether oxygens (including phenoxy) is 2. The molecule has 2 N–H and O–H groups in total. The summed E-state index contributed by atoms with van der Waals surface area (Å²) in [5, 5.41) is 0.281. The fourth-order valence-electron chi connectivity index (χ4n) is 1.83. The minimum atomic E-state index is -0.818. The summed E-state index contributed by atoms with van der Waals surface area (Å²) in [6.07, 6.45) is 1.41. The number of amides is 2. The largest absolute Gasteiger partial charge is 0.496 e. The third-order valence-electron chi connectivity index (χ3n) is 3.03. The van der Waals surface area contributed by atoms with Gasteiger partial charge < -0.3 is 9.47 Å². The van der Waals surface area contributed by atoms with Gasteiger partial charge in [-0.15, -0.1) is 0 Å². The number of benzene rings is 1. The van der Waals surface area contributed by atoms with E-state index in [-0.39, 0.29) is 22.0 Å². The van der Waals surface area contributed by atoms with E-state index in [9.17, 15) is 14.4 Å². The summed E-state index contributed by atoms with van der Waals surface area (Å²) in [5.74, 6) is -1.95. The molecule has 0 unspecified atom stereocenters. The minimum Gasteiger partial charge on any atom is -0.496 e. The molecular weight excluding hydrogens is 385 g/mol. The molecule has 0 saturated carbocycles. The van der Waals surface area contributed by atoms with Crippen LogP contribution in [0.1, 0.15) is 20.7 Å². The Labute approximate surface area is 158 Å². The van der Waals surface area contributed by atoms with Gasteiger partial charge in [0.2, 0.25) is 0 Å². The van der Waals surface area contributed by atoms with E-state index in [0.29, 0.717) is 5.02 Å². The lowest BCUT2D eigenvalue weighted by atomic mass is 10.2. The van der Waals surface area contributed by atoms with Crippen molar-refractivity contribution in [2.45, 2.75) is 0 Å². The molecule has 0 bridgehead atoms. The van der Waals surface area contributed by atoms with Gasteiger partial charge >= 0.3 is 5.97 Å². The second-order valence-electron chi connectivity index (χ2n) is 4.76. The van der Waals surface area contributed by atoms with Crippen LogP contribution in [-0.2, 0) is 9.53 Å². The lowest BCUT2D eigenvalue weighted by Crippen LogP contribution is -2.43. The average molecular weight is 398 g/mol. The molecule has 0 saturated heterocycles. The highest BCUT2D eigenvalue weighted by Gasteiger charge is 2.16. The maximum atomic E-state index is 12.1. The van der Waals surface area contributed by atoms with Gasteiger partial charge in [-0.3, -0.25) is 20.4 Å². The lowest BCUT2D eigenvalue weighted by molar-refractivity contribution is -0.125. The maximum Gasteiger partial charge on any atom is 0.341 e. The SMILES string of the molecule is COc1ccc(Cl)cc1C(=O)NNC(=O)COC(=O)c1cccnc1Cl. The molecule has 0 radical (unpaired) electrons. The maximum absolute atomic E-state index is 12.1. The van der Waals surface area contributed by atoms with Crippen molar-refractivity contribution < 1.29 is 23.9 Å². The molecule has 0 aliphatic heterocycles. The molecule has 0 atom stereocenters. The number of carbonyl (C=O) groups excluding carboxylic acids is 3. The summed E-state index contributed by atoms with van der Waals surface area (Å²) in [6.45, 7) is -0.628. The predicted octanol–water partition coefficient (Wildman–Crippen LogP) is 2.01. The number of halogens is 2. The van der Waals surface area contributed by atoms with Crippen LogP contribution in [0.4, 0.5) is 0 Å². The van der Waals surface area contributed by atoms with E-state index in [2.05, 4.69) is 15.8 Å². The van der Waals surface area contributed by atoms with Gasteiger partial charge in [-0.25, -0.2) is 9.78 Å². The van der Waals surface area contributed by atoms with Gasteiger partial charge in [0.05, 0.1) is 18.2 Å². The van der Waals surface area contributed by atoms with Crippen LogP contribution < -0.4 is 15.6 Å². The zero-order chi connectivity index (χ0) is 19.1. The number of rotatable bonds is 5. The van der Waals surface area contributed by atoms with Crippen LogP contribution in [0, 0.1) is 0 Å². The molecule has 0 aliphatic carbocycles. The van der Waals surface area contributed by atoms with E-state index in [1.54, 1.807) is 6.07 Å². The monoisotopic (exact) mass is 397 g/mol. The highest BCUT2D eigenvalue weighted by atomic mass is 35.5. The van der Waals surface area contributed by atoms with E-state index >= 15 is 0 Å². The van der Waals surface area contributed by atoms with Crippen LogP contribution in [0.25, 0.3) is 0 Å². The summed E-state index contributed by atoms with van der Waals surface area (Å²) in [4.78, 5) is 39.3. The number of nitrogens with one attached hydrogen (secondary N) is 2. The molecular formula is C16H13Cl2N3O5. The lowest BCUT2D eigenvalue weighted by Gasteiger charge is -2.11.